The van der Waals surface area contributed by atoms with Crippen LogP contribution in [0.5, 0.6) is 0 Å². The minimum atomic E-state index is -0.734. The van der Waals surface area contributed by atoms with E-state index >= 15 is 0 Å². The van der Waals surface area contributed by atoms with Crippen LogP contribution in [0.3, 0.4) is 0 Å². The van der Waals surface area contributed by atoms with Crippen molar-refractivity contribution in [1.29, 1.82) is 0 Å². The Bertz CT molecular complexity index is 199. The molecule has 1 saturated carbocycles. The lowest BCUT2D eigenvalue weighted by Gasteiger charge is -1.78. The molecule has 1 aliphatic carbocycles. The van der Waals surface area contributed by atoms with Gasteiger partial charge in [-0.25, -0.2) is 4.39 Å². The first-order valence-electron chi connectivity index (χ1n) is 2.78. The Morgan fingerprint density at radius 3 is 3.00 bits per heavy atom. The molecule has 0 aromatic carbocycles. The summed E-state index contributed by atoms with van der Waals surface area (Å²) in [6.07, 6.45) is 1.04. The number of hydrogen-bond acceptors (Lipinski definition) is 3. The van der Waals surface area contributed by atoms with Crippen LogP contribution in [-0.2, 0) is 0 Å². The third-order valence-electron chi connectivity index (χ3n) is 1.42. The number of aromatic nitrogens is 2. The fourth-order valence-electron chi connectivity index (χ4n) is 0.773. The third kappa shape index (κ3) is 0.704. The van der Waals surface area contributed by atoms with Crippen LogP contribution in [0.1, 0.15) is 18.2 Å². The predicted octanol–water partition coefficient (Wildman–Crippen LogP) is 0.895. The third-order valence-corrected chi connectivity index (χ3v) is 1.42. The average Bonchev–Trinajstić information content (AvgIpc) is 2.44. The lowest BCUT2D eigenvalue weighted by molar-refractivity contribution is 0.404. The summed E-state index contributed by atoms with van der Waals surface area (Å²) in [5, 5.41) is 3.50. The molecular formula is C5H5FN2O. The molecule has 2 atom stereocenters. The molecule has 1 heterocycles. The van der Waals surface area contributed by atoms with E-state index in [1.54, 1.807) is 0 Å². The highest BCUT2D eigenvalue weighted by Crippen LogP contribution is 2.41. The monoisotopic (exact) mass is 128 g/mol. The minimum absolute atomic E-state index is 0.0799. The quantitative estimate of drug-likeness (QED) is 0.563. The van der Waals surface area contributed by atoms with Crippen LogP contribution in [0.4, 0.5) is 4.39 Å². The molecule has 9 heavy (non-hydrogen) atoms. The van der Waals surface area contributed by atoms with Crippen molar-refractivity contribution >= 4 is 0 Å². The van der Waals surface area contributed by atoms with E-state index in [4.69, 9.17) is 0 Å². The van der Waals surface area contributed by atoms with Crippen LogP contribution >= 0.6 is 0 Å². The summed E-state index contributed by atoms with van der Waals surface area (Å²) in [5.74, 6) is 0.422. The summed E-state index contributed by atoms with van der Waals surface area (Å²) in [4.78, 5) is 3.71. The molecule has 48 valence electrons. The first kappa shape index (κ1) is 4.90. The smallest absolute Gasteiger partial charge is 0.213 e. The molecule has 2 rings (SSSR count). The highest BCUT2D eigenvalue weighted by molar-refractivity contribution is 5.08. The maximum Gasteiger partial charge on any atom is 0.213 e. The zero-order valence-corrected chi connectivity index (χ0v) is 4.62. The molecule has 0 amide bonds. The van der Waals surface area contributed by atoms with Crippen LogP contribution in [-0.4, -0.2) is 16.3 Å². The molecule has 4 heteroatoms. The fourth-order valence-corrected chi connectivity index (χ4v) is 0.773. The van der Waals surface area contributed by atoms with Gasteiger partial charge in [0.05, 0.1) is 5.92 Å². The molecule has 3 nitrogen and oxygen atoms in total. The van der Waals surface area contributed by atoms with E-state index in [2.05, 4.69) is 14.7 Å². The minimum Gasteiger partial charge on any atom is -0.343 e. The van der Waals surface area contributed by atoms with Crippen molar-refractivity contribution in [3.8, 4) is 0 Å². The Morgan fingerprint density at radius 1 is 1.78 bits per heavy atom. The lowest BCUT2D eigenvalue weighted by Crippen LogP contribution is -1.83. The summed E-state index contributed by atoms with van der Waals surface area (Å²) in [6.45, 7) is 0. The van der Waals surface area contributed by atoms with E-state index in [1.165, 1.54) is 6.39 Å². The van der Waals surface area contributed by atoms with E-state index in [0.717, 1.165) is 0 Å². The van der Waals surface area contributed by atoms with Gasteiger partial charge in [-0.05, 0) is 6.42 Å². The molecule has 0 saturated heterocycles. The van der Waals surface area contributed by atoms with Crippen molar-refractivity contribution < 1.29 is 8.91 Å². The summed E-state index contributed by atoms with van der Waals surface area (Å²) < 4.78 is 16.7. The Labute approximate surface area is 50.9 Å². The van der Waals surface area contributed by atoms with Crippen molar-refractivity contribution in [2.45, 2.75) is 18.5 Å². The van der Waals surface area contributed by atoms with E-state index in [1.807, 2.05) is 0 Å². The van der Waals surface area contributed by atoms with Gasteiger partial charge >= 0.3 is 0 Å². The molecule has 1 fully saturated rings. The Hall–Kier alpha value is -0.930. The van der Waals surface area contributed by atoms with E-state index in [-0.39, 0.29) is 5.92 Å². The molecule has 2 unspecified atom stereocenters. The molecule has 0 bridgehead atoms. The van der Waals surface area contributed by atoms with E-state index < -0.39 is 6.17 Å². The van der Waals surface area contributed by atoms with Crippen LogP contribution in [0.2, 0.25) is 0 Å². The maximum absolute atomic E-state index is 12.2. The summed E-state index contributed by atoms with van der Waals surface area (Å²) in [5.41, 5.74) is 0. The predicted molar refractivity (Wildman–Crippen MR) is 26.6 cm³/mol. The van der Waals surface area contributed by atoms with Gasteiger partial charge in [-0.15, -0.1) is 0 Å². The molecule has 0 aliphatic heterocycles. The van der Waals surface area contributed by atoms with Gasteiger partial charge < -0.3 is 4.52 Å². The molecule has 0 radical (unpaired) electrons. The van der Waals surface area contributed by atoms with Gasteiger partial charge in [0.15, 0.2) is 5.82 Å². The summed E-state index contributed by atoms with van der Waals surface area (Å²) in [6, 6.07) is 0. The number of nitrogens with zero attached hydrogens (tertiary/aromatic N) is 2. The van der Waals surface area contributed by atoms with Gasteiger partial charge in [0.2, 0.25) is 6.39 Å². The first-order valence-corrected chi connectivity index (χ1v) is 2.78. The van der Waals surface area contributed by atoms with Crippen molar-refractivity contribution in [1.82, 2.24) is 10.1 Å². The zero-order valence-electron chi connectivity index (χ0n) is 4.62. The van der Waals surface area contributed by atoms with Crippen LogP contribution in [0.15, 0.2) is 10.9 Å². The Morgan fingerprint density at radius 2 is 2.56 bits per heavy atom. The molecule has 1 aliphatic rings. The standard InChI is InChI=1S/C5H5FN2O/c6-4-1-3(4)5-7-2-9-8-5/h2-4H,1H2. The normalized spacial score (nSPS) is 32.6. The SMILES string of the molecule is FC1CC1c1ncon1. The van der Waals surface area contributed by atoms with Gasteiger partial charge in [0, 0.05) is 0 Å². The topological polar surface area (TPSA) is 38.9 Å². The second-order valence-electron chi connectivity index (χ2n) is 2.15. The highest BCUT2D eigenvalue weighted by Gasteiger charge is 2.41. The largest absolute Gasteiger partial charge is 0.343 e. The second kappa shape index (κ2) is 1.52. The molecular weight excluding hydrogens is 123 g/mol. The van der Waals surface area contributed by atoms with Gasteiger partial charge in [-0.3, -0.25) is 0 Å². The second-order valence-corrected chi connectivity index (χ2v) is 2.15. The Balaban J connectivity index is 2.18. The van der Waals surface area contributed by atoms with Crippen LogP contribution in [0.25, 0.3) is 0 Å². The summed E-state index contributed by atoms with van der Waals surface area (Å²) in [7, 11) is 0. The first-order chi connectivity index (χ1) is 4.38. The van der Waals surface area contributed by atoms with Crippen LogP contribution < -0.4 is 0 Å². The number of rotatable bonds is 1. The molecule has 0 N–H and O–H groups in total. The maximum atomic E-state index is 12.2. The molecule has 1 aromatic rings. The number of halogens is 1. The van der Waals surface area contributed by atoms with Crippen molar-refractivity contribution in [2.24, 2.45) is 0 Å². The Kier molecular flexibility index (Phi) is 0.831. The molecule has 1 aromatic heterocycles. The summed E-state index contributed by atoms with van der Waals surface area (Å²) >= 11 is 0. The van der Waals surface area contributed by atoms with Gasteiger partial charge in [0.1, 0.15) is 6.17 Å². The van der Waals surface area contributed by atoms with Crippen molar-refractivity contribution in [3.05, 3.63) is 12.2 Å². The van der Waals surface area contributed by atoms with Crippen molar-refractivity contribution in [3.63, 3.8) is 0 Å². The van der Waals surface area contributed by atoms with E-state index in [9.17, 15) is 4.39 Å². The van der Waals surface area contributed by atoms with Gasteiger partial charge in [0.25, 0.3) is 0 Å². The van der Waals surface area contributed by atoms with Gasteiger partial charge in [-0.2, -0.15) is 4.98 Å². The van der Waals surface area contributed by atoms with Crippen LogP contribution in [0, 0.1) is 0 Å². The fraction of sp³-hybridized carbons (Fsp3) is 0.600. The highest BCUT2D eigenvalue weighted by atomic mass is 19.1. The molecule has 0 spiro atoms. The number of hydrogen-bond donors (Lipinski definition) is 0. The van der Waals surface area contributed by atoms with Crippen molar-refractivity contribution in [2.75, 3.05) is 0 Å². The van der Waals surface area contributed by atoms with Gasteiger partial charge in [-0.1, -0.05) is 5.16 Å². The van der Waals surface area contributed by atoms with E-state index in [0.29, 0.717) is 12.2 Å². The lowest BCUT2D eigenvalue weighted by atomic mass is 10.4. The zero-order chi connectivity index (χ0) is 6.27. The average molecular weight is 128 g/mol. The number of alkyl halides is 1.